The van der Waals surface area contributed by atoms with Crippen molar-refractivity contribution in [3.05, 3.63) is 12.2 Å². The summed E-state index contributed by atoms with van der Waals surface area (Å²) in [6.07, 6.45) is 14.1. The molecule has 2 atom stereocenters. The molecule has 0 heteroatoms. The van der Waals surface area contributed by atoms with Gasteiger partial charge >= 0.3 is 0 Å². The lowest BCUT2D eigenvalue weighted by atomic mass is 9.91. The van der Waals surface area contributed by atoms with Crippen LogP contribution >= 0.6 is 0 Å². The van der Waals surface area contributed by atoms with E-state index in [0.29, 0.717) is 0 Å². The van der Waals surface area contributed by atoms with E-state index in [1.54, 1.807) is 0 Å². The second kappa shape index (κ2) is 10.3. The van der Waals surface area contributed by atoms with Crippen LogP contribution in [0.5, 0.6) is 0 Å². The molecule has 90 valence electrons. The molecule has 0 aliphatic heterocycles. The summed E-state index contributed by atoms with van der Waals surface area (Å²) in [5.74, 6) is 1.78. The van der Waals surface area contributed by atoms with Crippen LogP contribution in [0.2, 0.25) is 0 Å². The summed E-state index contributed by atoms with van der Waals surface area (Å²) in [5.41, 5.74) is 0. The number of hydrogen-bond acceptors (Lipinski definition) is 0. The molecule has 0 radical (unpaired) electrons. The molecule has 0 amide bonds. The molecule has 0 bridgehead atoms. The summed E-state index contributed by atoms with van der Waals surface area (Å²) < 4.78 is 0. The Labute approximate surface area is 97.2 Å². The van der Waals surface area contributed by atoms with Gasteiger partial charge in [0.1, 0.15) is 0 Å². The molecule has 0 N–H and O–H groups in total. The van der Waals surface area contributed by atoms with Crippen molar-refractivity contribution in [3.63, 3.8) is 0 Å². The zero-order chi connectivity index (χ0) is 11.5. The maximum absolute atomic E-state index is 2.40. The lowest BCUT2D eigenvalue weighted by molar-refractivity contribution is 0.387. The first-order valence-corrected chi connectivity index (χ1v) is 6.85. The Morgan fingerprint density at radius 2 is 1.67 bits per heavy atom. The summed E-state index contributed by atoms with van der Waals surface area (Å²) >= 11 is 0. The Hall–Kier alpha value is -0.260. The first-order chi connectivity index (χ1) is 7.20. The molecule has 0 aromatic carbocycles. The number of rotatable bonds is 9. The Kier molecular flexibility index (Phi) is 10.1. The normalized spacial score (nSPS) is 15.7. The van der Waals surface area contributed by atoms with Crippen LogP contribution in [-0.2, 0) is 0 Å². The lowest BCUT2D eigenvalue weighted by Gasteiger charge is -2.15. The minimum atomic E-state index is 0.866. The van der Waals surface area contributed by atoms with E-state index in [9.17, 15) is 0 Å². The molecule has 0 aliphatic rings. The zero-order valence-corrected chi connectivity index (χ0v) is 11.3. The van der Waals surface area contributed by atoms with Crippen LogP contribution in [0.15, 0.2) is 12.2 Å². The van der Waals surface area contributed by atoms with Gasteiger partial charge in [-0.05, 0) is 31.1 Å². The van der Waals surface area contributed by atoms with Crippen molar-refractivity contribution in [3.8, 4) is 0 Å². The van der Waals surface area contributed by atoms with Gasteiger partial charge < -0.3 is 0 Å². The largest absolute Gasteiger partial charge is 0.0885 e. The van der Waals surface area contributed by atoms with Crippen molar-refractivity contribution in [2.45, 2.75) is 72.6 Å². The van der Waals surface area contributed by atoms with Gasteiger partial charge in [0.05, 0.1) is 0 Å². The highest BCUT2D eigenvalue weighted by Gasteiger charge is 2.06. The molecule has 0 aromatic heterocycles. The van der Waals surface area contributed by atoms with Gasteiger partial charge in [0.2, 0.25) is 0 Å². The van der Waals surface area contributed by atoms with Crippen LogP contribution in [-0.4, -0.2) is 0 Å². The summed E-state index contributed by atoms with van der Waals surface area (Å²) in [5, 5.41) is 0. The summed E-state index contributed by atoms with van der Waals surface area (Å²) in [4.78, 5) is 0. The van der Waals surface area contributed by atoms with E-state index < -0.39 is 0 Å². The van der Waals surface area contributed by atoms with Crippen LogP contribution in [0.3, 0.4) is 0 Å². The van der Waals surface area contributed by atoms with Gasteiger partial charge in [-0.2, -0.15) is 0 Å². The highest BCUT2D eigenvalue weighted by Crippen LogP contribution is 2.20. The van der Waals surface area contributed by atoms with Crippen LogP contribution < -0.4 is 0 Å². The predicted octanol–water partition coefficient (Wildman–Crippen LogP) is 5.59. The van der Waals surface area contributed by atoms with Crippen molar-refractivity contribution < 1.29 is 0 Å². The van der Waals surface area contributed by atoms with E-state index in [1.165, 1.54) is 44.9 Å². The Bertz CT molecular complexity index is 146. The standard InChI is InChI=1S/C15H30/c1-5-7-9-10-12-15(4)13-14(3)11-8-6-2/h9-10,14-15H,5-8,11-13H2,1-4H3. The molecule has 0 aromatic rings. The highest BCUT2D eigenvalue weighted by molar-refractivity contribution is 4.83. The SMILES string of the molecule is CCCC=CCC(C)CC(C)CCCC. The third-order valence-corrected chi connectivity index (χ3v) is 3.02. The Morgan fingerprint density at radius 1 is 0.933 bits per heavy atom. The maximum Gasteiger partial charge on any atom is -0.0325 e. The number of allylic oxidation sites excluding steroid dienone is 2. The van der Waals surface area contributed by atoms with Crippen molar-refractivity contribution >= 4 is 0 Å². The van der Waals surface area contributed by atoms with Gasteiger partial charge in [-0.1, -0.05) is 65.5 Å². The van der Waals surface area contributed by atoms with E-state index in [-0.39, 0.29) is 0 Å². The molecule has 0 aliphatic carbocycles. The van der Waals surface area contributed by atoms with E-state index >= 15 is 0 Å². The van der Waals surface area contributed by atoms with Crippen molar-refractivity contribution in [1.82, 2.24) is 0 Å². The second-order valence-electron chi connectivity index (χ2n) is 5.08. The number of hydrogen-bond donors (Lipinski definition) is 0. The highest BCUT2D eigenvalue weighted by atomic mass is 14.1. The average Bonchev–Trinajstić information content (AvgIpc) is 2.21. The molecule has 0 heterocycles. The van der Waals surface area contributed by atoms with Crippen LogP contribution in [0.4, 0.5) is 0 Å². The van der Waals surface area contributed by atoms with Gasteiger partial charge in [-0.25, -0.2) is 0 Å². The van der Waals surface area contributed by atoms with Crippen LogP contribution in [0.1, 0.15) is 72.6 Å². The Balaban J connectivity index is 3.49. The summed E-state index contributed by atoms with van der Waals surface area (Å²) in [7, 11) is 0. The fraction of sp³-hybridized carbons (Fsp3) is 0.867. The molecule has 0 spiro atoms. The van der Waals surface area contributed by atoms with Gasteiger partial charge in [0, 0.05) is 0 Å². The molecule has 0 nitrogen and oxygen atoms in total. The molecule has 0 saturated heterocycles. The predicted molar refractivity (Wildman–Crippen MR) is 71.1 cm³/mol. The molecule has 0 rings (SSSR count). The van der Waals surface area contributed by atoms with Gasteiger partial charge in [0.25, 0.3) is 0 Å². The fourth-order valence-corrected chi connectivity index (χ4v) is 2.07. The van der Waals surface area contributed by atoms with Crippen molar-refractivity contribution in [1.29, 1.82) is 0 Å². The Morgan fingerprint density at radius 3 is 2.27 bits per heavy atom. The van der Waals surface area contributed by atoms with Crippen LogP contribution in [0.25, 0.3) is 0 Å². The molecule has 15 heavy (non-hydrogen) atoms. The number of unbranched alkanes of at least 4 members (excludes halogenated alkanes) is 2. The second-order valence-corrected chi connectivity index (χ2v) is 5.08. The topological polar surface area (TPSA) is 0 Å². The molecule has 0 fully saturated rings. The van der Waals surface area contributed by atoms with Crippen LogP contribution in [0, 0.1) is 11.8 Å². The van der Waals surface area contributed by atoms with Crippen molar-refractivity contribution in [2.75, 3.05) is 0 Å². The molecular formula is C15H30. The third kappa shape index (κ3) is 10.0. The van der Waals surface area contributed by atoms with Crippen molar-refractivity contribution in [2.24, 2.45) is 11.8 Å². The lowest BCUT2D eigenvalue weighted by Crippen LogP contribution is -2.02. The van der Waals surface area contributed by atoms with E-state index in [0.717, 1.165) is 11.8 Å². The van der Waals surface area contributed by atoms with Gasteiger partial charge in [-0.15, -0.1) is 0 Å². The van der Waals surface area contributed by atoms with E-state index in [4.69, 9.17) is 0 Å². The minimum Gasteiger partial charge on any atom is -0.0885 e. The summed E-state index contributed by atoms with van der Waals surface area (Å²) in [6.45, 7) is 9.31. The monoisotopic (exact) mass is 210 g/mol. The fourth-order valence-electron chi connectivity index (χ4n) is 2.07. The van der Waals surface area contributed by atoms with E-state index in [1.807, 2.05) is 0 Å². The zero-order valence-electron chi connectivity index (χ0n) is 11.3. The van der Waals surface area contributed by atoms with E-state index in [2.05, 4.69) is 39.8 Å². The van der Waals surface area contributed by atoms with Gasteiger partial charge in [-0.3, -0.25) is 0 Å². The smallest absolute Gasteiger partial charge is 0.0325 e. The first kappa shape index (κ1) is 14.7. The summed E-state index contributed by atoms with van der Waals surface area (Å²) in [6, 6.07) is 0. The molecule has 0 saturated carbocycles. The first-order valence-electron chi connectivity index (χ1n) is 6.85. The van der Waals surface area contributed by atoms with Gasteiger partial charge in [0.15, 0.2) is 0 Å². The molecular weight excluding hydrogens is 180 g/mol. The average molecular weight is 210 g/mol. The third-order valence-electron chi connectivity index (χ3n) is 3.02. The minimum absolute atomic E-state index is 0.866. The maximum atomic E-state index is 2.40. The quantitative estimate of drug-likeness (QED) is 0.435. The molecule has 2 unspecified atom stereocenters.